The summed E-state index contributed by atoms with van der Waals surface area (Å²) < 4.78 is 5.35. The van der Waals surface area contributed by atoms with Crippen LogP contribution < -0.4 is 0 Å². The number of carbonyl (C=O) groups is 2. The number of ether oxygens (including phenoxy) is 1. The van der Waals surface area contributed by atoms with Crippen molar-refractivity contribution < 1.29 is 19.4 Å². The lowest BCUT2D eigenvalue weighted by atomic mass is 10.0. The zero-order valence-electron chi connectivity index (χ0n) is 12.9. The largest absolute Gasteiger partial charge is 0.481 e. The van der Waals surface area contributed by atoms with Crippen LogP contribution in [-0.2, 0) is 9.53 Å². The predicted molar refractivity (Wildman–Crippen MR) is 75.7 cm³/mol. The number of hydrogen-bond donors (Lipinski definition) is 1. The lowest BCUT2D eigenvalue weighted by Gasteiger charge is -2.37. The van der Waals surface area contributed by atoms with Gasteiger partial charge in [-0.2, -0.15) is 0 Å². The molecule has 1 saturated heterocycles. The summed E-state index contributed by atoms with van der Waals surface area (Å²) in [7, 11) is 1.94. The van der Waals surface area contributed by atoms with E-state index in [1.807, 2.05) is 27.8 Å². The minimum Gasteiger partial charge on any atom is -0.481 e. The molecule has 0 spiro atoms. The van der Waals surface area contributed by atoms with Crippen molar-refractivity contribution in [3.05, 3.63) is 0 Å². The van der Waals surface area contributed by atoms with Gasteiger partial charge in [0.15, 0.2) is 0 Å². The molecule has 20 heavy (non-hydrogen) atoms. The number of rotatable bonds is 4. The molecule has 6 heteroatoms. The summed E-state index contributed by atoms with van der Waals surface area (Å²) in [5.74, 6) is -0.775. The maximum Gasteiger partial charge on any atom is 0.410 e. The average Bonchev–Trinajstić information content (AvgIpc) is 2.34. The molecule has 1 rings (SSSR count). The molecule has 1 aliphatic rings. The molecule has 0 unspecified atom stereocenters. The quantitative estimate of drug-likeness (QED) is 0.853. The summed E-state index contributed by atoms with van der Waals surface area (Å²) >= 11 is 0. The van der Waals surface area contributed by atoms with E-state index < -0.39 is 11.6 Å². The Hall–Kier alpha value is -1.30. The van der Waals surface area contributed by atoms with Gasteiger partial charge in [0.1, 0.15) is 5.60 Å². The van der Waals surface area contributed by atoms with Crippen molar-refractivity contribution >= 4 is 12.1 Å². The van der Waals surface area contributed by atoms with Crippen LogP contribution in [0.15, 0.2) is 0 Å². The molecule has 0 radical (unpaired) electrons. The smallest absolute Gasteiger partial charge is 0.410 e. The van der Waals surface area contributed by atoms with Gasteiger partial charge in [0, 0.05) is 25.7 Å². The van der Waals surface area contributed by atoms with Gasteiger partial charge in [-0.05, 0) is 40.7 Å². The standard InChI is InChI=1S/C14H26N2O4/c1-14(2,3)20-13(19)16-9-5-11(6-10-16)15(4)8-7-12(17)18/h11H,5-10H2,1-4H3,(H,17,18). The molecule has 0 aromatic heterocycles. The number of carboxylic acids is 1. The molecule has 0 aromatic rings. The Bertz CT molecular complexity index is 344. The summed E-state index contributed by atoms with van der Waals surface area (Å²) in [5.41, 5.74) is -0.466. The molecule has 0 atom stereocenters. The predicted octanol–water partition coefficient (Wildman–Crippen LogP) is 1.79. The molecular weight excluding hydrogens is 260 g/mol. The first-order chi connectivity index (χ1) is 9.19. The minimum absolute atomic E-state index is 0.156. The second-order valence-corrected chi connectivity index (χ2v) is 6.32. The van der Waals surface area contributed by atoms with E-state index in [4.69, 9.17) is 9.84 Å². The van der Waals surface area contributed by atoms with E-state index in [1.165, 1.54) is 0 Å². The number of likely N-dealkylation sites (tertiary alicyclic amines) is 1. The van der Waals surface area contributed by atoms with Gasteiger partial charge >= 0.3 is 12.1 Å². The molecule has 1 aliphatic heterocycles. The maximum atomic E-state index is 11.9. The molecule has 0 bridgehead atoms. The van der Waals surface area contributed by atoms with Crippen LogP contribution in [0.25, 0.3) is 0 Å². The normalized spacial score (nSPS) is 17.4. The first-order valence-electron chi connectivity index (χ1n) is 7.09. The monoisotopic (exact) mass is 286 g/mol. The molecule has 1 fully saturated rings. The van der Waals surface area contributed by atoms with Crippen molar-refractivity contribution in [1.82, 2.24) is 9.80 Å². The van der Waals surface area contributed by atoms with E-state index >= 15 is 0 Å². The maximum absolute atomic E-state index is 11.9. The van der Waals surface area contributed by atoms with Gasteiger partial charge in [-0.15, -0.1) is 0 Å². The highest BCUT2D eigenvalue weighted by Gasteiger charge is 2.28. The number of carbonyl (C=O) groups excluding carboxylic acids is 1. The van der Waals surface area contributed by atoms with Crippen LogP contribution in [0.2, 0.25) is 0 Å². The zero-order valence-corrected chi connectivity index (χ0v) is 12.9. The molecule has 0 saturated carbocycles. The zero-order chi connectivity index (χ0) is 15.3. The first-order valence-corrected chi connectivity index (χ1v) is 7.09. The fourth-order valence-electron chi connectivity index (χ4n) is 2.27. The Morgan fingerprint density at radius 2 is 1.85 bits per heavy atom. The van der Waals surface area contributed by atoms with Gasteiger partial charge in [0.05, 0.1) is 6.42 Å². The van der Waals surface area contributed by atoms with E-state index in [-0.39, 0.29) is 12.5 Å². The lowest BCUT2D eigenvalue weighted by Crippen LogP contribution is -2.47. The van der Waals surface area contributed by atoms with E-state index in [0.717, 1.165) is 12.8 Å². The molecular formula is C14H26N2O4. The van der Waals surface area contributed by atoms with E-state index in [0.29, 0.717) is 25.7 Å². The minimum atomic E-state index is -0.775. The fraction of sp³-hybridized carbons (Fsp3) is 0.857. The van der Waals surface area contributed by atoms with Crippen LogP contribution in [-0.4, -0.2) is 65.3 Å². The SMILES string of the molecule is CN(CCC(=O)O)C1CCN(C(=O)OC(C)(C)C)CC1. The molecule has 1 amide bonds. The van der Waals surface area contributed by atoms with E-state index in [9.17, 15) is 9.59 Å². The van der Waals surface area contributed by atoms with Crippen molar-refractivity contribution in [2.45, 2.75) is 51.7 Å². The van der Waals surface area contributed by atoms with Crippen LogP contribution in [0.3, 0.4) is 0 Å². The van der Waals surface area contributed by atoms with Crippen molar-refractivity contribution in [2.24, 2.45) is 0 Å². The van der Waals surface area contributed by atoms with Crippen LogP contribution in [0.1, 0.15) is 40.0 Å². The number of aliphatic carboxylic acids is 1. The van der Waals surface area contributed by atoms with E-state index in [1.54, 1.807) is 4.90 Å². The van der Waals surface area contributed by atoms with Crippen LogP contribution in [0, 0.1) is 0 Å². The second-order valence-electron chi connectivity index (χ2n) is 6.32. The summed E-state index contributed by atoms with van der Waals surface area (Å²) in [4.78, 5) is 26.3. The van der Waals surface area contributed by atoms with Gasteiger partial charge in [0.25, 0.3) is 0 Å². The summed E-state index contributed by atoms with van der Waals surface area (Å²) in [6.45, 7) is 7.45. The summed E-state index contributed by atoms with van der Waals surface area (Å²) in [6, 6.07) is 0.341. The molecule has 6 nitrogen and oxygen atoms in total. The molecule has 0 aromatic carbocycles. The highest BCUT2D eigenvalue weighted by Crippen LogP contribution is 2.18. The summed E-state index contributed by atoms with van der Waals surface area (Å²) in [5, 5.41) is 8.69. The van der Waals surface area contributed by atoms with Crippen LogP contribution >= 0.6 is 0 Å². The van der Waals surface area contributed by atoms with Gasteiger partial charge in [-0.25, -0.2) is 4.79 Å². The molecule has 1 N–H and O–H groups in total. The molecule has 1 heterocycles. The Balaban J connectivity index is 2.36. The number of piperidine rings is 1. The van der Waals surface area contributed by atoms with Gasteiger partial charge in [0.2, 0.25) is 0 Å². The van der Waals surface area contributed by atoms with Crippen molar-refractivity contribution in [3.8, 4) is 0 Å². The van der Waals surface area contributed by atoms with Gasteiger partial charge in [-0.3, -0.25) is 4.79 Å². The molecule has 0 aliphatic carbocycles. The highest BCUT2D eigenvalue weighted by molar-refractivity contribution is 5.68. The average molecular weight is 286 g/mol. The van der Waals surface area contributed by atoms with Gasteiger partial charge < -0.3 is 19.6 Å². The third-order valence-corrected chi connectivity index (χ3v) is 3.42. The van der Waals surface area contributed by atoms with Crippen LogP contribution in [0.4, 0.5) is 4.79 Å². The molecule has 116 valence electrons. The van der Waals surface area contributed by atoms with Crippen molar-refractivity contribution in [1.29, 1.82) is 0 Å². The third kappa shape index (κ3) is 5.77. The Morgan fingerprint density at radius 1 is 1.30 bits per heavy atom. The van der Waals surface area contributed by atoms with Crippen molar-refractivity contribution in [3.63, 3.8) is 0 Å². The fourth-order valence-corrected chi connectivity index (χ4v) is 2.27. The third-order valence-electron chi connectivity index (χ3n) is 3.42. The van der Waals surface area contributed by atoms with Gasteiger partial charge in [-0.1, -0.05) is 0 Å². The lowest BCUT2D eigenvalue weighted by molar-refractivity contribution is -0.137. The van der Waals surface area contributed by atoms with Crippen LogP contribution in [0.5, 0.6) is 0 Å². The Kier molecular flexibility index (Phi) is 5.80. The summed E-state index contributed by atoms with van der Waals surface area (Å²) in [6.07, 6.45) is 1.61. The number of nitrogens with zero attached hydrogens (tertiary/aromatic N) is 2. The Labute approximate surface area is 120 Å². The Morgan fingerprint density at radius 3 is 2.30 bits per heavy atom. The van der Waals surface area contributed by atoms with E-state index in [2.05, 4.69) is 4.90 Å². The topological polar surface area (TPSA) is 70.1 Å². The highest BCUT2D eigenvalue weighted by atomic mass is 16.6. The first kappa shape index (κ1) is 16.8. The second kappa shape index (κ2) is 6.92. The number of hydrogen-bond acceptors (Lipinski definition) is 4. The number of carboxylic acid groups (broad SMARTS) is 1. The van der Waals surface area contributed by atoms with Crippen molar-refractivity contribution in [2.75, 3.05) is 26.7 Å². The number of amides is 1.